The quantitative estimate of drug-likeness (QED) is 0.213. The second-order valence-corrected chi connectivity index (χ2v) is 11.0. The van der Waals surface area contributed by atoms with E-state index >= 15 is 0 Å². The first kappa shape index (κ1) is 24.5. The molecule has 0 amide bonds. The summed E-state index contributed by atoms with van der Waals surface area (Å²) in [6.45, 7) is 7.57. The zero-order valence-corrected chi connectivity index (χ0v) is 23.7. The molecular weight excluding hydrogens is 488 g/mol. The molecule has 0 radical (unpaired) electrons. The summed E-state index contributed by atoms with van der Waals surface area (Å²) in [4.78, 5) is 0. The van der Waals surface area contributed by atoms with Gasteiger partial charge in [-0.1, -0.05) is 42.0 Å². The topological polar surface area (TPSA) is 19.1 Å². The zero-order valence-electron chi connectivity index (χ0n) is 23.7. The monoisotopic (exact) mass is 522 g/mol. The van der Waals surface area contributed by atoms with Crippen molar-refractivity contribution in [2.45, 2.75) is 40.2 Å². The van der Waals surface area contributed by atoms with Crippen molar-refractivity contribution in [1.29, 1.82) is 0 Å². The van der Waals surface area contributed by atoms with Gasteiger partial charge in [-0.2, -0.15) is 0 Å². The minimum Gasteiger partial charge on any atom is -0.497 e. The highest BCUT2D eigenvalue weighted by Gasteiger charge is 2.14. The van der Waals surface area contributed by atoms with E-state index in [1.165, 1.54) is 65.9 Å². The number of hydrogen-bond acceptors (Lipinski definition) is 1. The van der Waals surface area contributed by atoms with E-state index in [4.69, 9.17) is 4.74 Å². The summed E-state index contributed by atoms with van der Waals surface area (Å²) in [6, 6.07) is 36.0. The predicted octanol–water partition coefficient (Wildman–Crippen LogP) is 9.32. The maximum absolute atomic E-state index is 5.40. The van der Waals surface area contributed by atoms with Crippen LogP contribution in [0.4, 0.5) is 0 Å². The van der Waals surface area contributed by atoms with Crippen molar-refractivity contribution in [3.63, 3.8) is 0 Å². The van der Waals surface area contributed by atoms with Gasteiger partial charge < -0.3 is 13.9 Å². The molecule has 0 unspecified atom stereocenters. The molecule has 0 bridgehead atoms. The van der Waals surface area contributed by atoms with Crippen LogP contribution in [0.1, 0.15) is 29.2 Å². The highest BCUT2D eigenvalue weighted by molar-refractivity contribution is 6.10. The zero-order chi connectivity index (χ0) is 27.4. The number of rotatable bonds is 6. The third kappa shape index (κ3) is 3.96. The average Bonchev–Trinajstić information content (AvgIpc) is 3.46. The lowest BCUT2D eigenvalue weighted by Gasteiger charge is -2.09. The molecular formula is C37H34N2O. The standard InChI is InChI=1S/C37H34N2O/c1-5-38-36-21-25(3)6-16-30(36)31-17-10-27(23-37(31)38)9-8-26-11-19-35-33(22-26)32-20-24(2)7-18-34(32)39(35)28-12-14-29(40-4)15-13-28/h6-7,10-23H,5,8-9H2,1-4H3. The second-order valence-electron chi connectivity index (χ2n) is 11.0. The maximum Gasteiger partial charge on any atom is 0.119 e. The van der Waals surface area contributed by atoms with Gasteiger partial charge in [0, 0.05) is 44.8 Å². The molecule has 0 saturated heterocycles. The lowest BCUT2D eigenvalue weighted by Crippen LogP contribution is -1.96. The molecule has 40 heavy (non-hydrogen) atoms. The van der Waals surface area contributed by atoms with E-state index < -0.39 is 0 Å². The number of ether oxygens (including phenoxy) is 1. The summed E-state index contributed by atoms with van der Waals surface area (Å²) >= 11 is 0. The summed E-state index contributed by atoms with van der Waals surface area (Å²) in [5.74, 6) is 0.871. The van der Waals surface area contributed by atoms with Crippen LogP contribution in [-0.2, 0) is 19.4 Å². The lowest BCUT2D eigenvalue weighted by atomic mass is 10.0. The van der Waals surface area contributed by atoms with Gasteiger partial charge in [0.15, 0.2) is 0 Å². The van der Waals surface area contributed by atoms with Gasteiger partial charge in [-0.25, -0.2) is 0 Å². The summed E-state index contributed by atoms with van der Waals surface area (Å²) < 4.78 is 10.2. The van der Waals surface area contributed by atoms with E-state index in [9.17, 15) is 0 Å². The molecule has 5 aromatic carbocycles. The van der Waals surface area contributed by atoms with Crippen LogP contribution >= 0.6 is 0 Å². The van der Waals surface area contributed by atoms with Gasteiger partial charge in [-0.05, 0) is 111 Å². The summed E-state index contributed by atoms with van der Waals surface area (Å²) in [5.41, 5.74) is 11.6. The number of aryl methyl sites for hydroxylation is 5. The average molecular weight is 523 g/mol. The number of methoxy groups -OCH3 is 1. The molecule has 0 aliphatic carbocycles. The van der Waals surface area contributed by atoms with E-state index in [1.54, 1.807) is 7.11 Å². The molecule has 7 aromatic rings. The Morgan fingerprint density at radius 3 is 1.85 bits per heavy atom. The van der Waals surface area contributed by atoms with Crippen molar-refractivity contribution in [3.8, 4) is 11.4 Å². The highest BCUT2D eigenvalue weighted by atomic mass is 16.5. The van der Waals surface area contributed by atoms with Crippen molar-refractivity contribution in [1.82, 2.24) is 9.13 Å². The lowest BCUT2D eigenvalue weighted by molar-refractivity contribution is 0.415. The highest BCUT2D eigenvalue weighted by Crippen LogP contribution is 2.35. The third-order valence-electron chi connectivity index (χ3n) is 8.42. The molecule has 2 aromatic heterocycles. The van der Waals surface area contributed by atoms with Crippen LogP contribution in [-0.4, -0.2) is 16.2 Å². The fraction of sp³-hybridized carbons (Fsp3) is 0.189. The molecule has 198 valence electrons. The van der Waals surface area contributed by atoms with E-state index in [0.717, 1.165) is 30.8 Å². The Morgan fingerprint density at radius 2 is 1.12 bits per heavy atom. The molecule has 0 N–H and O–H groups in total. The molecule has 0 spiro atoms. The first-order valence-electron chi connectivity index (χ1n) is 14.2. The molecule has 2 heterocycles. The smallest absolute Gasteiger partial charge is 0.119 e. The van der Waals surface area contributed by atoms with Crippen molar-refractivity contribution in [3.05, 3.63) is 119 Å². The van der Waals surface area contributed by atoms with E-state index in [0.29, 0.717) is 0 Å². The minimum atomic E-state index is 0.871. The number of fused-ring (bicyclic) bond motifs is 6. The Morgan fingerprint density at radius 1 is 0.550 bits per heavy atom. The Kier molecular flexibility index (Phi) is 5.89. The van der Waals surface area contributed by atoms with Gasteiger partial charge in [0.1, 0.15) is 5.75 Å². The van der Waals surface area contributed by atoms with E-state index in [-0.39, 0.29) is 0 Å². The summed E-state index contributed by atoms with van der Waals surface area (Å²) in [5, 5.41) is 5.31. The van der Waals surface area contributed by atoms with Gasteiger partial charge in [0.05, 0.1) is 18.1 Å². The van der Waals surface area contributed by atoms with Crippen molar-refractivity contribution < 1.29 is 4.74 Å². The predicted molar refractivity (Wildman–Crippen MR) is 169 cm³/mol. The van der Waals surface area contributed by atoms with E-state index in [1.807, 2.05) is 12.1 Å². The fourth-order valence-corrected chi connectivity index (χ4v) is 6.38. The number of aromatic nitrogens is 2. The first-order chi connectivity index (χ1) is 19.5. The second kappa shape index (κ2) is 9.60. The Balaban J connectivity index is 1.26. The van der Waals surface area contributed by atoms with Crippen LogP contribution in [0.25, 0.3) is 49.3 Å². The van der Waals surface area contributed by atoms with Crippen molar-refractivity contribution >= 4 is 43.6 Å². The molecule has 7 rings (SSSR count). The van der Waals surface area contributed by atoms with Crippen LogP contribution in [0.15, 0.2) is 97.1 Å². The number of benzene rings is 5. The maximum atomic E-state index is 5.40. The molecule has 0 saturated carbocycles. The van der Waals surface area contributed by atoms with Gasteiger partial charge >= 0.3 is 0 Å². The van der Waals surface area contributed by atoms with Gasteiger partial charge in [-0.3, -0.25) is 0 Å². The van der Waals surface area contributed by atoms with Crippen molar-refractivity contribution in [2.75, 3.05) is 7.11 Å². The van der Waals surface area contributed by atoms with Gasteiger partial charge in [0.25, 0.3) is 0 Å². The van der Waals surface area contributed by atoms with Crippen LogP contribution in [0, 0.1) is 13.8 Å². The summed E-state index contributed by atoms with van der Waals surface area (Å²) in [7, 11) is 1.71. The van der Waals surface area contributed by atoms with Crippen LogP contribution in [0.2, 0.25) is 0 Å². The Bertz CT molecular complexity index is 2040. The number of nitrogens with zero attached hydrogens (tertiary/aromatic N) is 2. The van der Waals surface area contributed by atoms with Gasteiger partial charge in [0.2, 0.25) is 0 Å². The Labute approximate surface area is 235 Å². The van der Waals surface area contributed by atoms with Crippen LogP contribution < -0.4 is 4.74 Å². The molecule has 0 aliphatic heterocycles. The first-order valence-corrected chi connectivity index (χ1v) is 14.2. The third-order valence-corrected chi connectivity index (χ3v) is 8.42. The fourth-order valence-electron chi connectivity index (χ4n) is 6.38. The van der Waals surface area contributed by atoms with Gasteiger partial charge in [-0.15, -0.1) is 0 Å². The molecule has 3 nitrogen and oxygen atoms in total. The molecule has 0 aliphatic rings. The van der Waals surface area contributed by atoms with Crippen LogP contribution in [0.3, 0.4) is 0 Å². The minimum absolute atomic E-state index is 0.871. The summed E-state index contributed by atoms with van der Waals surface area (Å²) in [6.07, 6.45) is 2.02. The largest absolute Gasteiger partial charge is 0.497 e. The van der Waals surface area contributed by atoms with Crippen LogP contribution in [0.5, 0.6) is 5.75 Å². The van der Waals surface area contributed by atoms with Crippen molar-refractivity contribution in [2.24, 2.45) is 0 Å². The normalized spacial score (nSPS) is 11.8. The molecule has 3 heteroatoms. The van der Waals surface area contributed by atoms with E-state index in [2.05, 4.69) is 115 Å². The molecule has 0 fully saturated rings. The Hall–Kier alpha value is -4.50. The number of hydrogen-bond donors (Lipinski definition) is 0. The SMILES string of the molecule is CCn1c2cc(C)ccc2c2ccc(CCc3ccc4c(c3)c3cc(C)ccc3n4-c3ccc(OC)cc3)cc21. The molecule has 0 atom stereocenters.